The molecule has 92 valence electrons. The lowest BCUT2D eigenvalue weighted by Crippen LogP contribution is -2.42. The molecule has 0 bridgehead atoms. The predicted octanol–water partition coefficient (Wildman–Crippen LogP) is 2.29. The topological polar surface area (TPSA) is 29.5 Å². The fourth-order valence-corrected chi connectivity index (χ4v) is 2.21. The van der Waals surface area contributed by atoms with Crippen LogP contribution >= 0.6 is 11.6 Å². The van der Waals surface area contributed by atoms with Crippen molar-refractivity contribution in [2.45, 2.75) is 24.4 Å². The second kappa shape index (κ2) is 6.03. The van der Waals surface area contributed by atoms with E-state index >= 15 is 0 Å². The van der Waals surface area contributed by atoms with Gasteiger partial charge in [-0.25, -0.2) is 0 Å². The van der Waals surface area contributed by atoms with E-state index in [2.05, 4.69) is 0 Å². The largest absolute Gasteiger partial charge is 0.490 e. The molecule has 0 saturated carbocycles. The second-order valence-corrected chi connectivity index (χ2v) is 4.62. The molecule has 0 unspecified atom stereocenters. The van der Waals surface area contributed by atoms with Crippen molar-refractivity contribution in [3.63, 3.8) is 0 Å². The first-order valence-electron chi connectivity index (χ1n) is 5.84. The molecule has 4 heteroatoms. The van der Waals surface area contributed by atoms with E-state index in [9.17, 15) is 4.79 Å². The molecular formula is C13H16ClNO2. The molecule has 0 radical (unpaired) electrons. The molecule has 1 aliphatic rings. The third kappa shape index (κ3) is 3.45. The van der Waals surface area contributed by atoms with Crippen molar-refractivity contribution < 1.29 is 9.53 Å². The maximum Gasteiger partial charge on any atom is 0.152 e. The van der Waals surface area contributed by atoms with Gasteiger partial charge in [-0.15, -0.1) is 0 Å². The Labute approximate surface area is 106 Å². The summed E-state index contributed by atoms with van der Waals surface area (Å²) in [6, 6.07) is 9.82. The standard InChI is InChI=1S/C13H16ClNO2/c14-13(10-16)15-8-6-12(7-9-15)17-11-4-2-1-3-5-11/h1-5,10,12-13H,6-9H2/t13-/m1/s1. The first-order valence-corrected chi connectivity index (χ1v) is 6.28. The van der Waals surface area contributed by atoms with Gasteiger partial charge in [0.15, 0.2) is 6.29 Å². The number of piperidine rings is 1. The zero-order valence-corrected chi connectivity index (χ0v) is 10.3. The molecule has 1 aromatic rings. The van der Waals surface area contributed by atoms with E-state index in [1.165, 1.54) is 0 Å². The molecule has 0 N–H and O–H groups in total. The summed E-state index contributed by atoms with van der Waals surface area (Å²) in [7, 11) is 0. The Morgan fingerprint density at radius 3 is 2.53 bits per heavy atom. The average molecular weight is 254 g/mol. The van der Waals surface area contributed by atoms with Crippen molar-refractivity contribution in [3.8, 4) is 5.75 Å². The van der Waals surface area contributed by atoms with Crippen LogP contribution in [0.1, 0.15) is 12.8 Å². The lowest BCUT2D eigenvalue weighted by molar-refractivity contribution is -0.110. The Morgan fingerprint density at radius 2 is 1.94 bits per heavy atom. The number of rotatable bonds is 4. The van der Waals surface area contributed by atoms with Crippen molar-refractivity contribution >= 4 is 17.9 Å². The number of hydrogen-bond donors (Lipinski definition) is 0. The van der Waals surface area contributed by atoms with Gasteiger partial charge in [0.05, 0.1) is 0 Å². The number of benzene rings is 1. The van der Waals surface area contributed by atoms with Gasteiger partial charge in [-0.2, -0.15) is 0 Å². The molecule has 0 amide bonds. The smallest absolute Gasteiger partial charge is 0.152 e. The molecule has 0 aromatic heterocycles. The average Bonchev–Trinajstić information content (AvgIpc) is 2.40. The van der Waals surface area contributed by atoms with Crippen LogP contribution in [0.25, 0.3) is 0 Å². The SMILES string of the molecule is O=C[C@H](Cl)N1CCC(Oc2ccccc2)CC1. The molecule has 1 fully saturated rings. The molecule has 1 heterocycles. The summed E-state index contributed by atoms with van der Waals surface area (Å²) < 4.78 is 5.86. The minimum atomic E-state index is -0.493. The van der Waals surface area contributed by atoms with Gasteiger partial charge in [0, 0.05) is 13.1 Å². The Bertz CT molecular complexity index is 350. The van der Waals surface area contributed by atoms with E-state index in [4.69, 9.17) is 16.3 Å². The van der Waals surface area contributed by atoms with Gasteiger partial charge in [0.25, 0.3) is 0 Å². The molecule has 1 aromatic carbocycles. The summed E-state index contributed by atoms with van der Waals surface area (Å²) in [4.78, 5) is 12.5. The number of nitrogens with zero attached hydrogens (tertiary/aromatic N) is 1. The van der Waals surface area contributed by atoms with Crippen molar-refractivity contribution in [1.29, 1.82) is 0 Å². The molecule has 17 heavy (non-hydrogen) atoms. The minimum absolute atomic E-state index is 0.226. The van der Waals surface area contributed by atoms with Gasteiger partial charge < -0.3 is 9.53 Å². The molecule has 1 saturated heterocycles. The van der Waals surface area contributed by atoms with E-state index in [0.29, 0.717) is 0 Å². The summed E-state index contributed by atoms with van der Waals surface area (Å²) in [5.74, 6) is 0.906. The van der Waals surface area contributed by atoms with Gasteiger partial charge in [-0.3, -0.25) is 4.90 Å². The van der Waals surface area contributed by atoms with Gasteiger partial charge >= 0.3 is 0 Å². The first kappa shape index (κ1) is 12.4. The highest BCUT2D eigenvalue weighted by atomic mass is 35.5. The molecule has 0 spiro atoms. The number of ether oxygens (including phenoxy) is 1. The number of alkyl halides is 1. The predicted molar refractivity (Wildman–Crippen MR) is 67.4 cm³/mol. The van der Waals surface area contributed by atoms with Crippen LogP contribution < -0.4 is 4.74 Å². The first-order chi connectivity index (χ1) is 8.29. The fourth-order valence-electron chi connectivity index (χ4n) is 2.02. The molecule has 1 atom stereocenters. The second-order valence-electron chi connectivity index (χ2n) is 4.17. The molecular weight excluding hydrogens is 238 g/mol. The Morgan fingerprint density at radius 1 is 1.29 bits per heavy atom. The zero-order chi connectivity index (χ0) is 12.1. The maximum atomic E-state index is 10.6. The number of carbonyl (C=O) groups excluding carboxylic acids is 1. The van der Waals surface area contributed by atoms with Gasteiger partial charge in [0.1, 0.15) is 17.4 Å². The molecule has 0 aliphatic carbocycles. The van der Waals surface area contributed by atoms with Crippen molar-refractivity contribution in [1.82, 2.24) is 4.90 Å². The summed E-state index contributed by atoms with van der Waals surface area (Å²) in [6.07, 6.45) is 2.82. The quantitative estimate of drug-likeness (QED) is 0.469. The van der Waals surface area contributed by atoms with Crippen molar-refractivity contribution in [2.24, 2.45) is 0 Å². The van der Waals surface area contributed by atoms with Crippen LogP contribution in [0.3, 0.4) is 0 Å². The van der Waals surface area contributed by atoms with Crippen LogP contribution in [0.15, 0.2) is 30.3 Å². The Hall–Kier alpha value is -1.06. The maximum absolute atomic E-state index is 10.6. The van der Waals surface area contributed by atoms with Crippen LogP contribution in [0.5, 0.6) is 5.75 Å². The molecule has 1 aliphatic heterocycles. The van der Waals surface area contributed by atoms with E-state index in [0.717, 1.165) is 38.0 Å². The van der Waals surface area contributed by atoms with Crippen molar-refractivity contribution in [3.05, 3.63) is 30.3 Å². The number of carbonyl (C=O) groups is 1. The number of halogens is 1. The minimum Gasteiger partial charge on any atom is -0.490 e. The van der Waals surface area contributed by atoms with E-state index in [-0.39, 0.29) is 6.10 Å². The highest BCUT2D eigenvalue weighted by molar-refractivity contribution is 6.27. The fraction of sp³-hybridized carbons (Fsp3) is 0.462. The summed E-state index contributed by atoms with van der Waals surface area (Å²) >= 11 is 5.87. The number of para-hydroxylation sites is 1. The lowest BCUT2D eigenvalue weighted by Gasteiger charge is -2.32. The number of hydrogen-bond acceptors (Lipinski definition) is 3. The Kier molecular flexibility index (Phi) is 4.40. The highest BCUT2D eigenvalue weighted by Gasteiger charge is 2.24. The van der Waals surface area contributed by atoms with E-state index in [1.807, 2.05) is 35.2 Å². The zero-order valence-electron chi connectivity index (χ0n) is 9.59. The third-order valence-electron chi connectivity index (χ3n) is 2.98. The summed E-state index contributed by atoms with van der Waals surface area (Å²) in [6.45, 7) is 1.62. The van der Waals surface area contributed by atoms with Crippen LogP contribution in [0.4, 0.5) is 0 Å². The van der Waals surface area contributed by atoms with Crippen LogP contribution in [-0.4, -0.2) is 35.9 Å². The Balaban J connectivity index is 1.81. The molecule has 2 rings (SSSR count). The third-order valence-corrected chi connectivity index (χ3v) is 3.36. The van der Waals surface area contributed by atoms with E-state index < -0.39 is 5.50 Å². The summed E-state index contributed by atoms with van der Waals surface area (Å²) in [5, 5.41) is 0. The van der Waals surface area contributed by atoms with Crippen LogP contribution in [0, 0.1) is 0 Å². The summed E-state index contributed by atoms with van der Waals surface area (Å²) in [5.41, 5.74) is -0.493. The van der Waals surface area contributed by atoms with Gasteiger partial charge in [-0.1, -0.05) is 29.8 Å². The van der Waals surface area contributed by atoms with Crippen LogP contribution in [-0.2, 0) is 4.79 Å². The van der Waals surface area contributed by atoms with Crippen molar-refractivity contribution in [2.75, 3.05) is 13.1 Å². The van der Waals surface area contributed by atoms with Crippen LogP contribution in [0.2, 0.25) is 0 Å². The van der Waals surface area contributed by atoms with Gasteiger partial charge in [0.2, 0.25) is 0 Å². The number of aldehydes is 1. The lowest BCUT2D eigenvalue weighted by atomic mass is 10.1. The highest BCUT2D eigenvalue weighted by Crippen LogP contribution is 2.20. The van der Waals surface area contributed by atoms with E-state index in [1.54, 1.807) is 0 Å². The van der Waals surface area contributed by atoms with Gasteiger partial charge in [-0.05, 0) is 25.0 Å². The monoisotopic (exact) mass is 253 g/mol. The molecule has 3 nitrogen and oxygen atoms in total. The normalized spacial score (nSPS) is 19.8. The number of likely N-dealkylation sites (tertiary alicyclic amines) is 1.